The molecule has 1 amide bonds. The van der Waals surface area contributed by atoms with E-state index in [0.717, 1.165) is 22.6 Å². The second kappa shape index (κ2) is 9.80. The monoisotopic (exact) mass is 415 g/mol. The number of benzene rings is 3. The van der Waals surface area contributed by atoms with Crippen LogP contribution < -0.4 is 20.4 Å². The van der Waals surface area contributed by atoms with Gasteiger partial charge >= 0.3 is 0 Å². The summed E-state index contributed by atoms with van der Waals surface area (Å²) in [6.45, 7) is 2.02. The molecule has 0 atom stereocenters. The Kier molecular flexibility index (Phi) is 6.92. The number of hydrogen-bond donors (Lipinski definition) is 2. The van der Waals surface area contributed by atoms with Crippen molar-refractivity contribution in [1.82, 2.24) is 0 Å². The van der Waals surface area contributed by atoms with Crippen molar-refractivity contribution < 1.29 is 4.79 Å². The van der Waals surface area contributed by atoms with Gasteiger partial charge in [0.05, 0.1) is 5.69 Å². The van der Waals surface area contributed by atoms with Gasteiger partial charge in [0, 0.05) is 50.9 Å². The van der Waals surface area contributed by atoms with Gasteiger partial charge in [0.25, 0.3) is 5.91 Å². The van der Waals surface area contributed by atoms with E-state index in [4.69, 9.17) is 0 Å². The molecule has 0 spiro atoms. The van der Waals surface area contributed by atoms with Crippen LogP contribution in [-0.4, -0.2) is 39.9 Å². The SMILES string of the molecule is Cc1ccc(N=C(Nc2ccc(N(C)C)cc2)C(=O)Nc2ccc(N(C)C)cc2)cc1. The van der Waals surface area contributed by atoms with Crippen LogP contribution >= 0.6 is 0 Å². The minimum absolute atomic E-state index is 0.221. The number of rotatable bonds is 5. The molecule has 0 aliphatic carbocycles. The molecule has 31 heavy (non-hydrogen) atoms. The normalized spacial score (nSPS) is 11.1. The second-order valence-corrected chi connectivity index (χ2v) is 7.76. The Morgan fingerprint density at radius 3 is 1.58 bits per heavy atom. The quantitative estimate of drug-likeness (QED) is 0.459. The highest BCUT2D eigenvalue weighted by Crippen LogP contribution is 2.19. The van der Waals surface area contributed by atoms with Crippen LogP contribution in [0.4, 0.5) is 28.4 Å². The van der Waals surface area contributed by atoms with E-state index in [-0.39, 0.29) is 11.7 Å². The summed E-state index contributed by atoms with van der Waals surface area (Å²) < 4.78 is 0. The molecular formula is C25H29N5O. The number of amidine groups is 1. The zero-order valence-electron chi connectivity index (χ0n) is 18.7. The third kappa shape index (κ3) is 6.09. The molecule has 0 fully saturated rings. The molecule has 0 saturated carbocycles. The van der Waals surface area contributed by atoms with Crippen molar-refractivity contribution in [3.05, 3.63) is 78.4 Å². The van der Waals surface area contributed by atoms with Crippen LogP contribution in [0.15, 0.2) is 77.8 Å². The van der Waals surface area contributed by atoms with Gasteiger partial charge in [0.2, 0.25) is 0 Å². The van der Waals surface area contributed by atoms with E-state index in [2.05, 4.69) is 15.6 Å². The van der Waals surface area contributed by atoms with Gasteiger partial charge < -0.3 is 20.4 Å². The first kappa shape index (κ1) is 21.9. The highest BCUT2D eigenvalue weighted by molar-refractivity contribution is 6.46. The number of hydrogen-bond acceptors (Lipinski definition) is 4. The van der Waals surface area contributed by atoms with Crippen LogP contribution in [0, 0.1) is 6.92 Å². The summed E-state index contributed by atoms with van der Waals surface area (Å²) in [4.78, 5) is 21.7. The molecule has 0 aliphatic rings. The fraction of sp³-hybridized carbons (Fsp3) is 0.200. The molecule has 0 heterocycles. The van der Waals surface area contributed by atoms with Crippen molar-refractivity contribution >= 4 is 40.2 Å². The van der Waals surface area contributed by atoms with Crippen molar-refractivity contribution in [2.75, 3.05) is 48.6 Å². The van der Waals surface area contributed by atoms with Gasteiger partial charge in [0.1, 0.15) is 0 Å². The lowest BCUT2D eigenvalue weighted by Gasteiger charge is -2.15. The van der Waals surface area contributed by atoms with Gasteiger partial charge in [-0.25, -0.2) is 4.99 Å². The van der Waals surface area contributed by atoms with Gasteiger partial charge in [-0.1, -0.05) is 17.7 Å². The standard InChI is InChI=1S/C25H29N5O/c1-18-6-8-19(9-7-18)26-24(27-20-10-14-22(15-11-20)29(2)3)25(31)28-21-12-16-23(17-13-21)30(4)5/h6-17H,1-5H3,(H,26,27)(H,28,31). The molecule has 0 unspecified atom stereocenters. The smallest absolute Gasteiger partial charge is 0.291 e. The van der Waals surface area contributed by atoms with Crippen LogP contribution in [-0.2, 0) is 4.79 Å². The minimum Gasteiger partial charge on any atom is -0.378 e. The second-order valence-electron chi connectivity index (χ2n) is 7.76. The topological polar surface area (TPSA) is 60.0 Å². The Morgan fingerprint density at radius 2 is 1.13 bits per heavy atom. The van der Waals surface area contributed by atoms with Crippen molar-refractivity contribution in [2.24, 2.45) is 4.99 Å². The Hall–Kier alpha value is -3.80. The van der Waals surface area contributed by atoms with Gasteiger partial charge in [-0.15, -0.1) is 0 Å². The minimum atomic E-state index is -0.310. The van der Waals surface area contributed by atoms with E-state index in [0.29, 0.717) is 11.4 Å². The first-order chi connectivity index (χ1) is 14.8. The van der Waals surface area contributed by atoms with Crippen molar-refractivity contribution in [1.29, 1.82) is 0 Å². The summed E-state index contributed by atoms with van der Waals surface area (Å²) in [7, 11) is 7.93. The maximum atomic E-state index is 13.1. The number of amides is 1. The first-order valence-corrected chi connectivity index (χ1v) is 10.1. The molecule has 0 aliphatic heterocycles. The van der Waals surface area contributed by atoms with E-state index < -0.39 is 0 Å². The number of nitrogens with zero attached hydrogens (tertiary/aromatic N) is 3. The predicted molar refractivity (Wildman–Crippen MR) is 132 cm³/mol. The molecule has 3 rings (SSSR count). The molecule has 160 valence electrons. The lowest BCUT2D eigenvalue weighted by Crippen LogP contribution is -2.29. The largest absolute Gasteiger partial charge is 0.378 e. The van der Waals surface area contributed by atoms with Crippen LogP contribution in [0.25, 0.3) is 0 Å². The average Bonchev–Trinajstić information content (AvgIpc) is 2.75. The number of carbonyl (C=O) groups is 1. The maximum absolute atomic E-state index is 13.1. The Morgan fingerprint density at radius 1 is 0.677 bits per heavy atom. The maximum Gasteiger partial charge on any atom is 0.291 e. The van der Waals surface area contributed by atoms with E-state index in [1.165, 1.54) is 0 Å². The molecule has 6 heteroatoms. The zero-order chi connectivity index (χ0) is 22.4. The van der Waals surface area contributed by atoms with E-state index in [9.17, 15) is 4.79 Å². The summed E-state index contributed by atoms with van der Waals surface area (Å²) in [6, 6.07) is 23.2. The molecule has 0 radical (unpaired) electrons. The number of aliphatic imine (C=N–C) groups is 1. The van der Waals surface area contributed by atoms with Gasteiger partial charge in [0.15, 0.2) is 5.84 Å². The predicted octanol–water partition coefficient (Wildman–Crippen LogP) is 4.91. The first-order valence-electron chi connectivity index (χ1n) is 10.1. The summed E-state index contributed by atoms with van der Waals surface area (Å²) in [5.41, 5.74) is 5.47. The number of aryl methyl sites for hydroxylation is 1. The summed E-state index contributed by atoms with van der Waals surface area (Å²) in [5, 5.41) is 6.10. The third-order valence-electron chi connectivity index (χ3n) is 4.78. The molecule has 0 saturated heterocycles. The third-order valence-corrected chi connectivity index (χ3v) is 4.78. The Balaban J connectivity index is 1.85. The molecular weight excluding hydrogens is 386 g/mol. The van der Waals surface area contributed by atoms with Gasteiger partial charge in [-0.2, -0.15) is 0 Å². The van der Waals surface area contributed by atoms with Crippen molar-refractivity contribution in [3.8, 4) is 0 Å². The lowest BCUT2D eigenvalue weighted by molar-refractivity contribution is -0.110. The number of anilines is 4. The summed E-state index contributed by atoms with van der Waals surface area (Å²) in [5.74, 6) is -0.0898. The van der Waals surface area contributed by atoms with Gasteiger partial charge in [-0.05, 0) is 67.6 Å². The number of nitrogens with one attached hydrogen (secondary N) is 2. The lowest BCUT2D eigenvalue weighted by atomic mass is 10.2. The van der Waals surface area contributed by atoms with Crippen LogP contribution in [0.2, 0.25) is 0 Å². The Bertz CT molecular complexity index is 1040. The summed E-state index contributed by atoms with van der Waals surface area (Å²) in [6.07, 6.45) is 0. The van der Waals surface area contributed by atoms with E-state index >= 15 is 0 Å². The molecule has 3 aromatic carbocycles. The van der Waals surface area contributed by atoms with Crippen molar-refractivity contribution in [3.63, 3.8) is 0 Å². The Labute approximate surface area is 184 Å². The van der Waals surface area contributed by atoms with E-state index in [1.807, 2.05) is 118 Å². The molecule has 0 aromatic heterocycles. The molecule has 3 aromatic rings. The van der Waals surface area contributed by atoms with E-state index in [1.54, 1.807) is 0 Å². The molecule has 2 N–H and O–H groups in total. The average molecular weight is 416 g/mol. The van der Waals surface area contributed by atoms with Crippen molar-refractivity contribution in [2.45, 2.75) is 6.92 Å². The number of carbonyl (C=O) groups excluding carboxylic acids is 1. The van der Waals surface area contributed by atoms with Gasteiger partial charge in [-0.3, -0.25) is 4.79 Å². The summed E-state index contributed by atoms with van der Waals surface area (Å²) >= 11 is 0. The highest BCUT2D eigenvalue weighted by atomic mass is 16.2. The molecule has 0 bridgehead atoms. The fourth-order valence-electron chi connectivity index (χ4n) is 2.90. The molecule has 6 nitrogen and oxygen atoms in total. The van der Waals surface area contributed by atoms with Crippen LogP contribution in [0.3, 0.4) is 0 Å². The van der Waals surface area contributed by atoms with Crippen LogP contribution in [0.1, 0.15) is 5.56 Å². The van der Waals surface area contributed by atoms with Crippen LogP contribution in [0.5, 0.6) is 0 Å². The fourth-order valence-corrected chi connectivity index (χ4v) is 2.90. The highest BCUT2D eigenvalue weighted by Gasteiger charge is 2.13. The zero-order valence-corrected chi connectivity index (χ0v) is 18.7.